The molecule has 44 heavy (non-hydrogen) atoms. The summed E-state index contributed by atoms with van der Waals surface area (Å²) in [4.78, 5) is -4.41. The lowest BCUT2D eigenvalue weighted by molar-refractivity contribution is -0.688. The Morgan fingerprint density at radius 3 is 0.886 bits per heavy atom. The quantitative estimate of drug-likeness (QED) is 0.103. The van der Waals surface area contributed by atoms with Crippen LogP contribution in [0.25, 0.3) is 11.1 Å². The normalized spacial score (nSPS) is 12.7. The second-order valence-corrected chi connectivity index (χ2v) is 14.9. The zero-order chi connectivity index (χ0) is 32.8. The standard InChI is InChI=1S/C24H20N2O14S4/c27-23-19(41(29,30)31)9-15(10-20(23)42(32,33)34)13-25-5-1-17(2-6-25)18-3-7-26(8-4-18)14-16-11-21(43(35,36)37)24(28)22(12-16)44(38,39)40/h1-12H,13-14H2,(H4-2,27,28,29,30,31,32,33,34,35,36,37,38,39,40)/p+2. The molecule has 2 aromatic heterocycles. The van der Waals surface area contributed by atoms with Crippen LogP contribution in [0.15, 0.2) is 92.9 Å². The zero-order valence-corrected chi connectivity index (χ0v) is 25.1. The lowest BCUT2D eigenvalue weighted by atomic mass is 10.1. The number of hydrogen-bond acceptors (Lipinski definition) is 10. The van der Waals surface area contributed by atoms with E-state index >= 15 is 0 Å². The van der Waals surface area contributed by atoms with Crippen LogP contribution in [0.3, 0.4) is 0 Å². The summed E-state index contributed by atoms with van der Waals surface area (Å²) in [5.41, 5.74) is 1.35. The van der Waals surface area contributed by atoms with Gasteiger partial charge in [0.2, 0.25) is 0 Å². The smallest absolute Gasteiger partial charge is 0.298 e. The Kier molecular flexibility index (Phi) is 8.58. The molecule has 0 saturated heterocycles. The van der Waals surface area contributed by atoms with Gasteiger partial charge in [0.15, 0.2) is 49.4 Å². The summed E-state index contributed by atoms with van der Waals surface area (Å²) in [5.74, 6) is -2.66. The third-order valence-corrected chi connectivity index (χ3v) is 9.63. The maximum Gasteiger partial charge on any atom is 0.298 e. The Hall–Kier alpha value is -4.02. The molecule has 0 spiro atoms. The van der Waals surface area contributed by atoms with Crippen molar-refractivity contribution in [3.05, 3.63) is 84.4 Å². The molecule has 234 valence electrons. The molecule has 6 N–H and O–H groups in total. The number of rotatable bonds is 9. The summed E-state index contributed by atoms with van der Waals surface area (Å²) < 4.78 is 133. The van der Waals surface area contributed by atoms with E-state index in [-0.39, 0.29) is 24.2 Å². The molecule has 0 aliphatic heterocycles. The average molecular weight is 691 g/mol. The van der Waals surface area contributed by atoms with Crippen LogP contribution in [0, 0.1) is 0 Å². The number of pyridine rings is 2. The van der Waals surface area contributed by atoms with Gasteiger partial charge in [-0.2, -0.15) is 33.7 Å². The lowest BCUT2D eigenvalue weighted by Crippen LogP contribution is -2.33. The molecule has 0 radical (unpaired) electrons. The molecule has 0 aliphatic rings. The third-order valence-electron chi connectivity index (χ3n) is 6.16. The van der Waals surface area contributed by atoms with Crippen molar-refractivity contribution in [3.63, 3.8) is 0 Å². The molecule has 2 aromatic carbocycles. The first-order valence-corrected chi connectivity index (χ1v) is 17.5. The summed E-state index contributed by atoms with van der Waals surface area (Å²) >= 11 is 0. The van der Waals surface area contributed by atoms with Gasteiger partial charge in [0.25, 0.3) is 40.5 Å². The van der Waals surface area contributed by atoms with Crippen LogP contribution >= 0.6 is 0 Å². The predicted molar refractivity (Wildman–Crippen MR) is 146 cm³/mol. The minimum absolute atomic E-state index is 0.00472. The van der Waals surface area contributed by atoms with Gasteiger partial charge in [-0.15, -0.1) is 0 Å². The summed E-state index contributed by atoms with van der Waals surface area (Å²) in [6.07, 6.45) is 6.20. The second-order valence-electron chi connectivity index (χ2n) is 9.30. The summed E-state index contributed by atoms with van der Waals surface area (Å²) in [6, 6.07) is 9.97. The van der Waals surface area contributed by atoms with Gasteiger partial charge in [-0.25, -0.2) is 9.13 Å². The van der Waals surface area contributed by atoms with Crippen LogP contribution in [0.4, 0.5) is 0 Å². The van der Waals surface area contributed by atoms with E-state index in [1.165, 1.54) is 9.13 Å². The fourth-order valence-electron chi connectivity index (χ4n) is 4.17. The highest BCUT2D eigenvalue weighted by Crippen LogP contribution is 2.33. The fourth-order valence-corrected chi connectivity index (χ4v) is 6.92. The van der Waals surface area contributed by atoms with Gasteiger partial charge in [0.05, 0.1) is 0 Å². The van der Waals surface area contributed by atoms with Crippen LogP contribution < -0.4 is 9.13 Å². The van der Waals surface area contributed by atoms with Crippen molar-refractivity contribution < 1.29 is 71.2 Å². The summed E-state index contributed by atoms with van der Waals surface area (Å²) in [6.45, 7) is -0.270. The number of phenols is 2. The van der Waals surface area contributed by atoms with E-state index in [0.29, 0.717) is 11.1 Å². The first-order chi connectivity index (χ1) is 20.1. The van der Waals surface area contributed by atoms with Gasteiger partial charge in [0, 0.05) is 35.4 Å². The molecule has 4 aromatic rings. The van der Waals surface area contributed by atoms with Crippen LogP contribution in [0.1, 0.15) is 11.1 Å². The maximum absolute atomic E-state index is 11.6. The van der Waals surface area contributed by atoms with Crippen molar-refractivity contribution >= 4 is 40.5 Å². The van der Waals surface area contributed by atoms with Crippen LogP contribution in [-0.2, 0) is 53.6 Å². The van der Waals surface area contributed by atoms with Crippen molar-refractivity contribution in [3.8, 4) is 22.6 Å². The molecule has 0 aliphatic carbocycles. The topological polar surface area (TPSA) is 266 Å². The molecule has 0 atom stereocenters. The molecular weight excluding hydrogens is 669 g/mol. The number of phenolic OH excluding ortho intramolecular Hbond substituents is 2. The average Bonchev–Trinajstić information content (AvgIpc) is 2.89. The van der Waals surface area contributed by atoms with Crippen LogP contribution in [0.5, 0.6) is 11.5 Å². The molecule has 0 fully saturated rings. The highest BCUT2D eigenvalue weighted by atomic mass is 32.2. The Morgan fingerprint density at radius 1 is 0.455 bits per heavy atom. The van der Waals surface area contributed by atoms with E-state index in [9.17, 15) is 62.1 Å². The predicted octanol–water partition coefficient (Wildman–Crippen LogP) is 0.423. The number of nitrogens with zero attached hydrogens (tertiary/aromatic N) is 2. The van der Waals surface area contributed by atoms with E-state index in [4.69, 9.17) is 0 Å². The molecule has 0 unspecified atom stereocenters. The largest absolute Gasteiger partial charge is 0.505 e. The Balaban J connectivity index is 1.59. The highest BCUT2D eigenvalue weighted by molar-refractivity contribution is 7.87. The van der Waals surface area contributed by atoms with E-state index in [2.05, 4.69) is 0 Å². The lowest BCUT2D eigenvalue weighted by Gasteiger charge is -2.09. The Labute approximate surface area is 250 Å². The van der Waals surface area contributed by atoms with E-state index < -0.39 is 71.6 Å². The first-order valence-electron chi connectivity index (χ1n) is 11.7. The molecule has 2 heterocycles. The molecule has 4 rings (SSSR count). The summed E-state index contributed by atoms with van der Waals surface area (Å²) in [5, 5.41) is 19.9. The van der Waals surface area contributed by atoms with Gasteiger partial charge in [-0.1, -0.05) is 0 Å². The Bertz CT molecular complexity index is 1950. The molecule has 0 saturated carbocycles. The van der Waals surface area contributed by atoms with Crippen LogP contribution in [-0.4, -0.2) is 62.1 Å². The zero-order valence-electron chi connectivity index (χ0n) is 21.8. The molecule has 20 heteroatoms. The SMILES string of the molecule is O=S(=O)(O)c1cc(C[n+]2ccc(-c3cc[n+](Cc4cc(S(=O)(=O)O)c(O)c(S(=O)(=O)O)c4)cc3)cc2)cc(S(=O)(=O)O)c1O. The summed E-state index contributed by atoms with van der Waals surface area (Å²) in [7, 11) is -20.2. The first kappa shape index (κ1) is 32.9. The second kappa shape index (κ2) is 11.5. The van der Waals surface area contributed by atoms with Gasteiger partial charge >= 0.3 is 0 Å². The minimum atomic E-state index is -5.04. The number of aromatic nitrogens is 2. The van der Waals surface area contributed by atoms with E-state index in [1.807, 2.05) is 0 Å². The third kappa shape index (κ3) is 7.36. The number of aromatic hydroxyl groups is 2. The van der Waals surface area contributed by atoms with E-state index in [0.717, 1.165) is 24.3 Å². The van der Waals surface area contributed by atoms with Gasteiger partial charge in [0.1, 0.15) is 19.6 Å². The monoisotopic (exact) mass is 690 g/mol. The maximum atomic E-state index is 11.6. The fraction of sp³-hybridized carbons (Fsp3) is 0.0833. The molecule has 0 bridgehead atoms. The molecular formula is C24H22N2O14S4+2. The van der Waals surface area contributed by atoms with Crippen molar-refractivity contribution in [2.45, 2.75) is 32.7 Å². The van der Waals surface area contributed by atoms with Gasteiger partial charge in [-0.3, -0.25) is 18.2 Å². The van der Waals surface area contributed by atoms with E-state index in [1.54, 1.807) is 49.1 Å². The van der Waals surface area contributed by atoms with Crippen molar-refractivity contribution in [1.29, 1.82) is 0 Å². The van der Waals surface area contributed by atoms with Crippen molar-refractivity contribution in [2.75, 3.05) is 0 Å². The number of hydrogen-bond donors (Lipinski definition) is 6. The molecule has 0 amide bonds. The number of benzene rings is 2. The van der Waals surface area contributed by atoms with Crippen molar-refractivity contribution in [1.82, 2.24) is 0 Å². The van der Waals surface area contributed by atoms with Crippen molar-refractivity contribution in [2.24, 2.45) is 0 Å². The van der Waals surface area contributed by atoms with Crippen LogP contribution in [0.2, 0.25) is 0 Å². The van der Waals surface area contributed by atoms with Gasteiger partial charge < -0.3 is 10.2 Å². The van der Waals surface area contributed by atoms with Gasteiger partial charge in [-0.05, 0) is 35.4 Å². The highest BCUT2D eigenvalue weighted by Gasteiger charge is 2.28. The Morgan fingerprint density at radius 2 is 0.682 bits per heavy atom. The molecule has 16 nitrogen and oxygen atoms in total. The minimum Gasteiger partial charge on any atom is -0.505 e.